The van der Waals surface area contributed by atoms with E-state index in [1.165, 1.54) is 0 Å². The Kier molecular flexibility index (Phi) is 9.56. The Morgan fingerprint density at radius 1 is 1.06 bits per heavy atom. The van der Waals surface area contributed by atoms with Crippen LogP contribution in [0.2, 0.25) is 0 Å². The van der Waals surface area contributed by atoms with E-state index in [1.807, 2.05) is 29.2 Å². The van der Waals surface area contributed by atoms with Gasteiger partial charge in [-0.2, -0.15) is 0 Å². The molecule has 1 aliphatic rings. The number of rotatable bonds is 8. The number of ether oxygens (including phenoxy) is 2. The fourth-order valence-electron chi connectivity index (χ4n) is 3.71. The third-order valence-corrected chi connectivity index (χ3v) is 5.50. The molecule has 1 fully saturated rings. The van der Waals surface area contributed by atoms with E-state index in [-0.39, 0.29) is 24.3 Å². The number of amides is 3. The van der Waals surface area contributed by atoms with Gasteiger partial charge in [-0.3, -0.25) is 9.59 Å². The van der Waals surface area contributed by atoms with E-state index < -0.39 is 17.8 Å². The van der Waals surface area contributed by atoms with Crippen LogP contribution in [0.15, 0.2) is 24.3 Å². The predicted molar refractivity (Wildman–Crippen MR) is 127 cm³/mol. The first-order chi connectivity index (χ1) is 15.5. The van der Waals surface area contributed by atoms with E-state index >= 15 is 0 Å². The molecule has 0 aromatic heterocycles. The molecule has 0 spiro atoms. The van der Waals surface area contributed by atoms with Crippen molar-refractivity contribution in [3.63, 3.8) is 0 Å². The summed E-state index contributed by atoms with van der Waals surface area (Å²) in [6, 6.07) is 7.83. The van der Waals surface area contributed by atoms with Crippen molar-refractivity contribution >= 4 is 17.9 Å². The Balaban J connectivity index is 1.72. The van der Waals surface area contributed by atoms with E-state index in [0.29, 0.717) is 25.6 Å². The van der Waals surface area contributed by atoms with Gasteiger partial charge in [-0.25, -0.2) is 4.79 Å². The van der Waals surface area contributed by atoms with Crippen LogP contribution in [0.5, 0.6) is 5.75 Å². The number of carbonyl (C=O) groups excluding carboxylic acids is 3. The average Bonchev–Trinajstić information content (AvgIpc) is 2.75. The smallest absolute Gasteiger partial charge is 0.408 e. The molecular weight excluding hydrogens is 422 g/mol. The van der Waals surface area contributed by atoms with Gasteiger partial charge in [0.25, 0.3) is 5.91 Å². The number of benzene rings is 1. The van der Waals surface area contributed by atoms with E-state index in [0.717, 1.165) is 24.2 Å². The zero-order chi connectivity index (χ0) is 24.6. The van der Waals surface area contributed by atoms with Gasteiger partial charge in [0.1, 0.15) is 11.4 Å². The van der Waals surface area contributed by atoms with Gasteiger partial charge >= 0.3 is 6.09 Å². The van der Waals surface area contributed by atoms with Crippen molar-refractivity contribution in [2.45, 2.75) is 72.0 Å². The lowest BCUT2D eigenvalue weighted by Crippen LogP contribution is -2.47. The first-order valence-electron chi connectivity index (χ1n) is 11.7. The Hall–Kier alpha value is -2.77. The van der Waals surface area contributed by atoms with Gasteiger partial charge in [0.2, 0.25) is 5.91 Å². The molecule has 1 aliphatic heterocycles. The standard InChI is InChI=1S/C25H39N3O5/c1-17(2)20-9-7-8-10-21(20)32-18(3)23(30)28-13-11-19(12-14-28)15-26-22(29)16-27-24(31)33-25(4,5)6/h7-10,17-19H,11-16H2,1-6H3,(H,26,29)(H,27,31). The molecular formula is C25H39N3O5. The maximum Gasteiger partial charge on any atom is 0.408 e. The van der Waals surface area contributed by atoms with Crippen molar-refractivity contribution in [1.29, 1.82) is 0 Å². The van der Waals surface area contributed by atoms with Crippen LogP contribution < -0.4 is 15.4 Å². The van der Waals surface area contributed by atoms with Crippen LogP contribution in [-0.2, 0) is 14.3 Å². The molecule has 0 bridgehead atoms. The summed E-state index contributed by atoms with van der Waals surface area (Å²) in [6.07, 6.45) is 0.443. The molecule has 1 saturated heterocycles. The van der Waals surface area contributed by atoms with Crippen molar-refractivity contribution in [1.82, 2.24) is 15.5 Å². The molecule has 0 saturated carbocycles. The molecule has 184 valence electrons. The third-order valence-electron chi connectivity index (χ3n) is 5.50. The highest BCUT2D eigenvalue weighted by molar-refractivity contribution is 5.82. The van der Waals surface area contributed by atoms with E-state index in [9.17, 15) is 14.4 Å². The van der Waals surface area contributed by atoms with Gasteiger partial charge in [0, 0.05) is 19.6 Å². The second-order valence-corrected chi connectivity index (χ2v) is 9.88. The van der Waals surface area contributed by atoms with Gasteiger partial charge in [-0.1, -0.05) is 32.0 Å². The van der Waals surface area contributed by atoms with Crippen LogP contribution in [0.3, 0.4) is 0 Å². The molecule has 8 nitrogen and oxygen atoms in total. The molecule has 0 radical (unpaired) electrons. The summed E-state index contributed by atoms with van der Waals surface area (Å²) in [7, 11) is 0. The monoisotopic (exact) mass is 461 g/mol. The highest BCUT2D eigenvalue weighted by Crippen LogP contribution is 2.27. The SMILES string of the molecule is CC(Oc1ccccc1C(C)C)C(=O)N1CCC(CNC(=O)CNC(=O)OC(C)(C)C)CC1. The van der Waals surface area contributed by atoms with Gasteiger partial charge < -0.3 is 25.0 Å². The summed E-state index contributed by atoms with van der Waals surface area (Å²) < 4.78 is 11.1. The number of piperidine rings is 1. The van der Waals surface area contributed by atoms with E-state index in [1.54, 1.807) is 27.7 Å². The van der Waals surface area contributed by atoms with Crippen molar-refractivity contribution in [3.8, 4) is 5.75 Å². The predicted octanol–water partition coefficient (Wildman–Crippen LogP) is 3.46. The van der Waals surface area contributed by atoms with Gasteiger partial charge in [-0.05, 0) is 64.0 Å². The molecule has 1 unspecified atom stereocenters. The number of nitrogens with one attached hydrogen (secondary N) is 2. The fourth-order valence-corrected chi connectivity index (χ4v) is 3.71. The minimum Gasteiger partial charge on any atom is -0.481 e. The molecule has 3 amide bonds. The second kappa shape index (κ2) is 11.9. The fraction of sp³-hybridized carbons (Fsp3) is 0.640. The summed E-state index contributed by atoms with van der Waals surface area (Å²) >= 11 is 0. The quantitative estimate of drug-likeness (QED) is 0.618. The third kappa shape index (κ3) is 8.94. The Morgan fingerprint density at radius 3 is 2.30 bits per heavy atom. The molecule has 1 atom stereocenters. The van der Waals surface area contributed by atoms with E-state index in [2.05, 4.69) is 24.5 Å². The number of alkyl carbamates (subject to hydrolysis) is 1. The largest absolute Gasteiger partial charge is 0.481 e. The van der Waals surface area contributed by atoms with Crippen molar-refractivity contribution < 1.29 is 23.9 Å². The normalized spacial score (nSPS) is 15.7. The number of hydrogen-bond acceptors (Lipinski definition) is 5. The van der Waals surface area contributed by atoms with Crippen LogP contribution in [0.4, 0.5) is 4.79 Å². The van der Waals surface area contributed by atoms with Crippen LogP contribution in [0.25, 0.3) is 0 Å². The van der Waals surface area contributed by atoms with Crippen LogP contribution >= 0.6 is 0 Å². The van der Waals surface area contributed by atoms with Crippen molar-refractivity contribution in [2.75, 3.05) is 26.2 Å². The lowest BCUT2D eigenvalue weighted by molar-refractivity contribution is -0.139. The highest BCUT2D eigenvalue weighted by atomic mass is 16.6. The summed E-state index contributed by atoms with van der Waals surface area (Å²) in [5, 5.41) is 5.30. The highest BCUT2D eigenvalue weighted by Gasteiger charge is 2.28. The molecule has 1 heterocycles. The number of likely N-dealkylation sites (tertiary alicyclic amines) is 1. The lowest BCUT2D eigenvalue weighted by atomic mass is 9.96. The van der Waals surface area contributed by atoms with Crippen molar-refractivity contribution in [2.24, 2.45) is 5.92 Å². The minimum atomic E-state index is -0.614. The topological polar surface area (TPSA) is 97.0 Å². The maximum absolute atomic E-state index is 12.9. The molecule has 33 heavy (non-hydrogen) atoms. The van der Waals surface area contributed by atoms with Gasteiger partial charge in [0.15, 0.2) is 6.10 Å². The Labute approximate surface area is 197 Å². The molecule has 0 aliphatic carbocycles. The maximum atomic E-state index is 12.9. The first-order valence-corrected chi connectivity index (χ1v) is 11.7. The molecule has 8 heteroatoms. The van der Waals surface area contributed by atoms with Crippen LogP contribution in [0, 0.1) is 5.92 Å². The lowest BCUT2D eigenvalue weighted by Gasteiger charge is -2.33. The number of hydrogen-bond donors (Lipinski definition) is 2. The van der Waals surface area contributed by atoms with Crippen LogP contribution in [0.1, 0.15) is 65.9 Å². The average molecular weight is 462 g/mol. The Bertz CT molecular complexity index is 811. The van der Waals surface area contributed by atoms with E-state index in [4.69, 9.17) is 9.47 Å². The molecule has 2 N–H and O–H groups in total. The van der Waals surface area contributed by atoms with Gasteiger partial charge in [-0.15, -0.1) is 0 Å². The molecule has 1 aromatic rings. The summed E-state index contributed by atoms with van der Waals surface area (Å²) in [5.74, 6) is 1.08. The summed E-state index contributed by atoms with van der Waals surface area (Å²) in [5.41, 5.74) is 0.486. The van der Waals surface area contributed by atoms with Crippen molar-refractivity contribution in [3.05, 3.63) is 29.8 Å². The molecule has 2 rings (SSSR count). The first kappa shape index (κ1) is 26.5. The van der Waals surface area contributed by atoms with Gasteiger partial charge in [0.05, 0.1) is 6.54 Å². The summed E-state index contributed by atoms with van der Waals surface area (Å²) in [4.78, 5) is 38.4. The zero-order valence-electron chi connectivity index (χ0n) is 20.8. The molecule has 1 aromatic carbocycles. The summed E-state index contributed by atoms with van der Waals surface area (Å²) in [6.45, 7) is 13.0. The Morgan fingerprint density at radius 2 is 1.70 bits per heavy atom. The second-order valence-electron chi connectivity index (χ2n) is 9.88. The number of carbonyl (C=O) groups is 3. The van der Waals surface area contributed by atoms with Crippen LogP contribution in [-0.4, -0.2) is 60.7 Å². The number of para-hydroxylation sites is 1. The number of nitrogens with zero attached hydrogens (tertiary/aromatic N) is 1. The zero-order valence-corrected chi connectivity index (χ0v) is 20.8. The minimum absolute atomic E-state index is 0.0161.